The third-order valence-electron chi connectivity index (χ3n) is 1.88. The molecule has 0 aliphatic heterocycles. The van der Waals surface area contributed by atoms with Gasteiger partial charge in [0.05, 0.1) is 11.5 Å². The Bertz CT molecular complexity index is 602. The zero-order chi connectivity index (χ0) is 13.3. The van der Waals surface area contributed by atoms with Crippen LogP contribution >= 0.6 is 0 Å². The maximum atomic E-state index is 11.7. The third kappa shape index (κ3) is 4.36. The third-order valence-corrected chi connectivity index (χ3v) is 4.39. The number of sulfone groups is 1. The first-order chi connectivity index (χ1) is 7.60. The number of aryl methyl sites for hydroxylation is 2. The van der Waals surface area contributed by atoms with Gasteiger partial charge in [0, 0.05) is 11.4 Å². The Balaban J connectivity index is 3.05. The second-order valence-corrected chi connectivity index (χ2v) is 7.36. The predicted molar refractivity (Wildman–Crippen MR) is 61.5 cm³/mol. The molecule has 0 aromatic carbocycles. The van der Waals surface area contributed by atoms with Gasteiger partial charge in [-0.2, -0.15) is 0 Å². The Hall–Kier alpha value is -1.06. The van der Waals surface area contributed by atoms with Gasteiger partial charge in [-0.1, -0.05) is 0 Å². The average molecular weight is 279 g/mol. The number of nitrogens with two attached hydrogens (primary N) is 1. The first-order valence-electron chi connectivity index (χ1n) is 4.66. The minimum atomic E-state index is -3.82. The second-order valence-electron chi connectivity index (χ2n) is 3.62. The van der Waals surface area contributed by atoms with E-state index in [1.165, 1.54) is 0 Å². The van der Waals surface area contributed by atoms with E-state index in [-0.39, 0.29) is 5.16 Å². The lowest BCUT2D eigenvalue weighted by Crippen LogP contribution is -2.24. The SMILES string of the molecule is Cc1cc(C)nc(S(=O)(=O)CCS(N)(=O)=O)n1. The van der Waals surface area contributed by atoms with Crippen molar-refractivity contribution in [3.63, 3.8) is 0 Å². The van der Waals surface area contributed by atoms with E-state index in [1.54, 1.807) is 19.9 Å². The average Bonchev–Trinajstić information content (AvgIpc) is 2.12. The van der Waals surface area contributed by atoms with Crippen LogP contribution in [0.3, 0.4) is 0 Å². The van der Waals surface area contributed by atoms with Gasteiger partial charge >= 0.3 is 0 Å². The molecule has 1 aromatic heterocycles. The molecular formula is C8H13N3O4S2. The molecule has 0 bridgehead atoms. The van der Waals surface area contributed by atoms with Crippen molar-refractivity contribution in [3.8, 4) is 0 Å². The summed E-state index contributed by atoms with van der Waals surface area (Å²) in [6.45, 7) is 3.26. The van der Waals surface area contributed by atoms with Crippen LogP contribution in [0.15, 0.2) is 11.2 Å². The van der Waals surface area contributed by atoms with Crippen molar-refractivity contribution >= 4 is 19.9 Å². The summed E-state index contributed by atoms with van der Waals surface area (Å²) in [7, 11) is -7.64. The van der Waals surface area contributed by atoms with E-state index in [0.29, 0.717) is 11.4 Å². The maximum absolute atomic E-state index is 11.7. The highest BCUT2D eigenvalue weighted by atomic mass is 32.2. The van der Waals surface area contributed by atoms with Crippen molar-refractivity contribution < 1.29 is 16.8 Å². The molecule has 0 spiro atoms. The summed E-state index contributed by atoms with van der Waals surface area (Å²) < 4.78 is 44.9. The van der Waals surface area contributed by atoms with Crippen molar-refractivity contribution in [3.05, 3.63) is 17.5 Å². The molecule has 17 heavy (non-hydrogen) atoms. The summed E-state index contributed by atoms with van der Waals surface area (Å²) in [5.41, 5.74) is 1.01. The van der Waals surface area contributed by atoms with Crippen LogP contribution in [-0.2, 0) is 19.9 Å². The van der Waals surface area contributed by atoms with Crippen molar-refractivity contribution in [1.82, 2.24) is 9.97 Å². The lowest BCUT2D eigenvalue weighted by Gasteiger charge is -2.04. The van der Waals surface area contributed by atoms with Gasteiger partial charge in [0.2, 0.25) is 25.0 Å². The fourth-order valence-electron chi connectivity index (χ4n) is 1.15. The molecule has 9 heteroatoms. The van der Waals surface area contributed by atoms with Gasteiger partial charge in [-0.3, -0.25) is 0 Å². The standard InChI is InChI=1S/C8H13N3O4S2/c1-6-5-7(2)11-8(10-6)16(12,13)3-4-17(9,14)15/h5H,3-4H2,1-2H3,(H2,9,14,15). The van der Waals surface area contributed by atoms with Crippen LogP contribution in [-0.4, -0.2) is 38.3 Å². The molecule has 7 nitrogen and oxygen atoms in total. The number of hydrogen-bond donors (Lipinski definition) is 1. The van der Waals surface area contributed by atoms with E-state index < -0.39 is 31.4 Å². The van der Waals surface area contributed by atoms with Gasteiger partial charge < -0.3 is 0 Å². The molecule has 0 aliphatic rings. The van der Waals surface area contributed by atoms with Crippen molar-refractivity contribution in [2.24, 2.45) is 5.14 Å². The molecule has 2 N–H and O–H groups in total. The number of primary sulfonamides is 1. The molecule has 0 fully saturated rings. The normalized spacial score (nSPS) is 12.6. The summed E-state index contributed by atoms with van der Waals surface area (Å²) in [4.78, 5) is 7.54. The highest BCUT2D eigenvalue weighted by molar-refractivity contribution is 7.94. The molecule has 1 heterocycles. The highest BCUT2D eigenvalue weighted by Crippen LogP contribution is 2.08. The van der Waals surface area contributed by atoms with E-state index in [4.69, 9.17) is 5.14 Å². The minimum absolute atomic E-state index is 0.362. The first kappa shape index (κ1) is 14.0. The van der Waals surface area contributed by atoms with E-state index >= 15 is 0 Å². The second kappa shape index (κ2) is 4.67. The molecule has 0 radical (unpaired) electrons. The molecule has 1 rings (SSSR count). The molecule has 0 aliphatic carbocycles. The molecule has 0 saturated carbocycles. The van der Waals surface area contributed by atoms with Crippen LogP contribution in [0.5, 0.6) is 0 Å². The number of sulfonamides is 1. The summed E-state index contributed by atoms with van der Waals surface area (Å²) in [5, 5.41) is 4.39. The van der Waals surface area contributed by atoms with Crippen molar-refractivity contribution in [2.45, 2.75) is 19.0 Å². The van der Waals surface area contributed by atoms with Crippen LogP contribution in [0.2, 0.25) is 0 Å². The number of nitrogens with zero attached hydrogens (tertiary/aromatic N) is 2. The van der Waals surface area contributed by atoms with E-state index in [1.807, 2.05) is 0 Å². The van der Waals surface area contributed by atoms with Crippen LogP contribution < -0.4 is 5.14 Å². The Morgan fingerprint density at radius 3 is 1.94 bits per heavy atom. The molecule has 96 valence electrons. The van der Waals surface area contributed by atoms with Gasteiger partial charge in [-0.15, -0.1) is 0 Å². The van der Waals surface area contributed by atoms with Gasteiger partial charge in [-0.25, -0.2) is 31.9 Å². The fraction of sp³-hybridized carbons (Fsp3) is 0.500. The minimum Gasteiger partial charge on any atom is -0.229 e. The molecule has 0 unspecified atom stereocenters. The van der Waals surface area contributed by atoms with Crippen LogP contribution in [0.1, 0.15) is 11.4 Å². The van der Waals surface area contributed by atoms with Crippen LogP contribution in [0.25, 0.3) is 0 Å². The topological polar surface area (TPSA) is 120 Å². The smallest absolute Gasteiger partial charge is 0.229 e. The van der Waals surface area contributed by atoms with Gasteiger partial charge in [-0.05, 0) is 19.9 Å². The molecule has 1 aromatic rings. The number of aromatic nitrogens is 2. The largest absolute Gasteiger partial charge is 0.247 e. The number of rotatable bonds is 4. The Kier molecular flexibility index (Phi) is 3.84. The zero-order valence-electron chi connectivity index (χ0n) is 9.41. The predicted octanol–water partition coefficient (Wildman–Crippen LogP) is -0.844. The molecule has 0 atom stereocenters. The number of hydrogen-bond acceptors (Lipinski definition) is 6. The Morgan fingerprint density at radius 2 is 1.53 bits per heavy atom. The van der Waals surface area contributed by atoms with E-state index in [9.17, 15) is 16.8 Å². The van der Waals surface area contributed by atoms with Gasteiger partial charge in [0.25, 0.3) is 0 Å². The first-order valence-corrected chi connectivity index (χ1v) is 8.02. The monoisotopic (exact) mass is 279 g/mol. The van der Waals surface area contributed by atoms with Crippen LogP contribution in [0, 0.1) is 13.8 Å². The van der Waals surface area contributed by atoms with Crippen LogP contribution in [0.4, 0.5) is 0 Å². The molecular weight excluding hydrogens is 266 g/mol. The quantitative estimate of drug-likeness (QED) is 0.717. The fourth-order valence-corrected chi connectivity index (χ4v) is 3.71. The van der Waals surface area contributed by atoms with Crippen molar-refractivity contribution in [2.75, 3.05) is 11.5 Å². The molecule has 0 saturated heterocycles. The lowest BCUT2D eigenvalue weighted by molar-refractivity contribution is 0.581. The summed E-state index contributed by atoms with van der Waals surface area (Å²) >= 11 is 0. The molecule has 0 amide bonds. The van der Waals surface area contributed by atoms with E-state index in [2.05, 4.69) is 9.97 Å². The zero-order valence-corrected chi connectivity index (χ0v) is 11.0. The summed E-state index contributed by atoms with van der Waals surface area (Å²) in [6.07, 6.45) is 0. The van der Waals surface area contributed by atoms with Gasteiger partial charge in [0.15, 0.2) is 0 Å². The summed E-state index contributed by atoms with van der Waals surface area (Å²) in [5.74, 6) is -1.26. The van der Waals surface area contributed by atoms with E-state index in [0.717, 1.165) is 0 Å². The lowest BCUT2D eigenvalue weighted by atomic mass is 10.4. The maximum Gasteiger partial charge on any atom is 0.247 e. The Labute approximate surface area is 100 Å². The highest BCUT2D eigenvalue weighted by Gasteiger charge is 2.21. The summed E-state index contributed by atoms with van der Waals surface area (Å²) in [6, 6.07) is 1.62. The van der Waals surface area contributed by atoms with Crippen molar-refractivity contribution in [1.29, 1.82) is 0 Å². The Morgan fingerprint density at radius 1 is 1.06 bits per heavy atom. The van der Waals surface area contributed by atoms with Gasteiger partial charge in [0.1, 0.15) is 0 Å².